The third-order valence-electron chi connectivity index (χ3n) is 3.18. The molecule has 3 atom stereocenters. The highest BCUT2D eigenvalue weighted by molar-refractivity contribution is 7.99. The zero-order valence-corrected chi connectivity index (χ0v) is 9.19. The van der Waals surface area contributed by atoms with Gasteiger partial charge in [-0.25, -0.2) is 0 Å². The van der Waals surface area contributed by atoms with Crippen LogP contribution in [0.2, 0.25) is 0 Å². The van der Waals surface area contributed by atoms with Crippen LogP contribution in [0.1, 0.15) is 25.7 Å². The van der Waals surface area contributed by atoms with E-state index < -0.39 is 0 Å². The summed E-state index contributed by atoms with van der Waals surface area (Å²) in [6.45, 7) is 0. The van der Waals surface area contributed by atoms with Crippen LogP contribution in [-0.4, -0.2) is 29.5 Å². The Bertz CT molecular complexity index is 216. The highest BCUT2D eigenvalue weighted by Gasteiger charge is 2.31. The molecule has 0 spiro atoms. The molecule has 1 heterocycles. The minimum atomic E-state index is 0.0839. The van der Waals surface area contributed by atoms with Gasteiger partial charge in [-0.05, 0) is 25.0 Å². The van der Waals surface area contributed by atoms with Crippen molar-refractivity contribution in [3.63, 3.8) is 0 Å². The fraction of sp³-hybridized carbons (Fsp3) is 0.900. The number of nitrogens with one attached hydrogen (secondary N) is 1. The molecule has 0 aromatic heterocycles. The summed E-state index contributed by atoms with van der Waals surface area (Å²) in [7, 11) is 0. The summed E-state index contributed by atoms with van der Waals surface area (Å²) in [4.78, 5) is 11.8. The second-order valence-electron chi connectivity index (χ2n) is 4.27. The van der Waals surface area contributed by atoms with Crippen molar-refractivity contribution in [1.82, 2.24) is 5.32 Å². The van der Waals surface area contributed by atoms with Crippen LogP contribution in [-0.2, 0) is 4.79 Å². The Labute approximate surface area is 89.2 Å². The minimum absolute atomic E-state index is 0.0839. The number of thioether (sulfide) groups is 1. The molecular weight excluding hydrogens is 196 g/mol. The van der Waals surface area contributed by atoms with Gasteiger partial charge in [-0.15, -0.1) is 0 Å². The molecule has 1 saturated heterocycles. The molecular formula is C10H18N2OS. The van der Waals surface area contributed by atoms with Gasteiger partial charge >= 0.3 is 0 Å². The summed E-state index contributed by atoms with van der Waals surface area (Å²) in [6, 6.07) is 0.504. The van der Waals surface area contributed by atoms with Crippen molar-refractivity contribution in [3.05, 3.63) is 0 Å². The first-order valence-electron chi connectivity index (χ1n) is 5.41. The quantitative estimate of drug-likeness (QED) is 0.712. The molecule has 14 heavy (non-hydrogen) atoms. The number of carbonyl (C=O) groups excluding carboxylic acids is 1. The fourth-order valence-corrected chi connectivity index (χ4v) is 3.42. The lowest BCUT2D eigenvalue weighted by atomic mass is 10.0. The van der Waals surface area contributed by atoms with Crippen molar-refractivity contribution in [2.24, 2.45) is 11.7 Å². The van der Waals surface area contributed by atoms with Gasteiger partial charge < -0.3 is 11.1 Å². The second-order valence-corrected chi connectivity index (χ2v) is 5.42. The first-order chi connectivity index (χ1) is 6.77. The van der Waals surface area contributed by atoms with Crippen LogP contribution >= 0.6 is 11.8 Å². The average Bonchev–Trinajstić information content (AvgIpc) is 2.75. The first-order valence-corrected chi connectivity index (χ1v) is 6.56. The van der Waals surface area contributed by atoms with Gasteiger partial charge in [-0.1, -0.05) is 6.42 Å². The second kappa shape index (κ2) is 4.53. The molecule has 2 rings (SSSR count). The Balaban J connectivity index is 1.82. The first kappa shape index (κ1) is 10.3. The average molecular weight is 214 g/mol. The molecule has 3 nitrogen and oxygen atoms in total. The van der Waals surface area contributed by atoms with E-state index in [2.05, 4.69) is 5.32 Å². The predicted molar refractivity (Wildman–Crippen MR) is 59.2 cm³/mol. The SMILES string of the molecule is N[C@@H]1CCC[C@@H]1C(=O)NC1CCSC1. The molecule has 3 N–H and O–H groups in total. The van der Waals surface area contributed by atoms with Crippen molar-refractivity contribution in [2.75, 3.05) is 11.5 Å². The summed E-state index contributed by atoms with van der Waals surface area (Å²) in [5, 5.41) is 3.11. The van der Waals surface area contributed by atoms with Crippen LogP contribution in [0.3, 0.4) is 0 Å². The van der Waals surface area contributed by atoms with Crippen molar-refractivity contribution in [2.45, 2.75) is 37.8 Å². The molecule has 2 fully saturated rings. The van der Waals surface area contributed by atoms with Gasteiger partial charge in [0, 0.05) is 17.8 Å². The van der Waals surface area contributed by atoms with Crippen LogP contribution < -0.4 is 11.1 Å². The molecule has 0 radical (unpaired) electrons. The van der Waals surface area contributed by atoms with Crippen LogP contribution in [0.25, 0.3) is 0 Å². The molecule has 0 aromatic rings. The van der Waals surface area contributed by atoms with Crippen LogP contribution in [0, 0.1) is 5.92 Å². The maximum atomic E-state index is 11.8. The van der Waals surface area contributed by atoms with Crippen LogP contribution in [0.15, 0.2) is 0 Å². The van der Waals surface area contributed by atoms with E-state index in [0.717, 1.165) is 31.4 Å². The standard InChI is InChI=1S/C10H18N2OS/c11-9-3-1-2-8(9)10(13)12-7-4-5-14-6-7/h7-9H,1-6,11H2,(H,12,13)/t7?,8-,9+/m0/s1. The smallest absolute Gasteiger partial charge is 0.224 e. The lowest BCUT2D eigenvalue weighted by molar-refractivity contribution is -0.125. The van der Waals surface area contributed by atoms with Gasteiger partial charge in [-0.3, -0.25) is 4.79 Å². The van der Waals surface area contributed by atoms with E-state index in [-0.39, 0.29) is 17.9 Å². The maximum Gasteiger partial charge on any atom is 0.224 e. The topological polar surface area (TPSA) is 55.1 Å². The summed E-state index contributed by atoms with van der Waals surface area (Å²) < 4.78 is 0. The van der Waals surface area contributed by atoms with Gasteiger partial charge in [0.25, 0.3) is 0 Å². The lowest BCUT2D eigenvalue weighted by Crippen LogP contribution is -2.43. The molecule has 1 unspecified atom stereocenters. The van der Waals surface area contributed by atoms with E-state index in [1.54, 1.807) is 0 Å². The zero-order valence-electron chi connectivity index (χ0n) is 8.37. The largest absolute Gasteiger partial charge is 0.352 e. The maximum absolute atomic E-state index is 11.8. The number of rotatable bonds is 2. The van der Waals surface area contributed by atoms with Gasteiger partial charge in [0.05, 0.1) is 5.92 Å². The molecule has 2 aliphatic rings. The van der Waals surface area contributed by atoms with Crippen molar-refractivity contribution >= 4 is 17.7 Å². The molecule has 0 aromatic carbocycles. The monoisotopic (exact) mass is 214 g/mol. The molecule has 1 amide bonds. The van der Waals surface area contributed by atoms with Gasteiger partial charge in [-0.2, -0.15) is 11.8 Å². The summed E-state index contributed by atoms with van der Waals surface area (Å²) in [5.41, 5.74) is 5.89. The molecule has 1 aliphatic carbocycles. The van der Waals surface area contributed by atoms with E-state index >= 15 is 0 Å². The Kier molecular flexibility index (Phi) is 3.34. The zero-order chi connectivity index (χ0) is 9.97. The Hall–Kier alpha value is -0.220. The Morgan fingerprint density at radius 2 is 2.21 bits per heavy atom. The van der Waals surface area contributed by atoms with Gasteiger partial charge in [0.2, 0.25) is 5.91 Å². The number of amides is 1. The van der Waals surface area contributed by atoms with Crippen molar-refractivity contribution in [1.29, 1.82) is 0 Å². The van der Waals surface area contributed by atoms with Crippen molar-refractivity contribution < 1.29 is 4.79 Å². The van der Waals surface area contributed by atoms with E-state index in [9.17, 15) is 4.79 Å². The highest BCUT2D eigenvalue weighted by Crippen LogP contribution is 2.25. The molecule has 0 bridgehead atoms. The van der Waals surface area contributed by atoms with Gasteiger partial charge in [0.1, 0.15) is 0 Å². The minimum Gasteiger partial charge on any atom is -0.352 e. The third kappa shape index (κ3) is 2.23. The number of hydrogen-bond donors (Lipinski definition) is 2. The summed E-state index contributed by atoms with van der Waals surface area (Å²) in [6.07, 6.45) is 4.22. The predicted octanol–water partition coefficient (Wildman–Crippen LogP) is 0.735. The van der Waals surface area contributed by atoms with Crippen LogP contribution in [0.4, 0.5) is 0 Å². The fourth-order valence-electron chi connectivity index (χ4n) is 2.27. The van der Waals surface area contributed by atoms with E-state index in [4.69, 9.17) is 5.73 Å². The van der Waals surface area contributed by atoms with E-state index in [0.29, 0.717) is 6.04 Å². The molecule has 80 valence electrons. The lowest BCUT2D eigenvalue weighted by Gasteiger charge is -2.18. The van der Waals surface area contributed by atoms with E-state index in [1.807, 2.05) is 11.8 Å². The highest BCUT2D eigenvalue weighted by atomic mass is 32.2. The number of nitrogens with two attached hydrogens (primary N) is 1. The summed E-state index contributed by atoms with van der Waals surface area (Å²) >= 11 is 1.92. The normalized spacial score (nSPS) is 37.4. The van der Waals surface area contributed by atoms with Gasteiger partial charge in [0.15, 0.2) is 0 Å². The number of carbonyl (C=O) groups is 1. The molecule has 1 aliphatic heterocycles. The van der Waals surface area contributed by atoms with Crippen LogP contribution in [0.5, 0.6) is 0 Å². The summed E-state index contributed by atoms with van der Waals surface area (Å²) in [5.74, 6) is 2.54. The van der Waals surface area contributed by atoms with Crippen molar-refractivity contribution in [3.8, 4) is 0 Å². The Morgan fingerprint density at radius 3 is 2.79 bits per heavy atom. The third-order valence-corrected chi connectivity index (χ3v) is 4.34. The molecule has 1 saturated carbocycles. The molecule has 4 heteroatoms. The number of hydrogen-bond acceptors (Lipinski definition) is 3. The Morgan fingerprint density at radius 1 is 1.36 bits per heavy atom. The van der Waals surface area contributed by atoms with E-state index in [1.165, 1.54) is 5.75 Å².